The lowest BCUT2D eigenvalue weighted by atomic mass is 9.99. The van der Waals surface area contributed by atoms with Crippen molar-refractivity contribution < 1.29 is 14.2 Å². The van der Waals surface area contributed by atoms with E-state index in [1.807, 2.05) is 31.2 Å². The summed E-state index contributed by atoms with van der Waals surface area (Å²) >= 11 is 0. The maximum atomic E-state index is 13.1. The molecule has 0 heterocycles. The van der Waals surface area contributed by atoms with Crippen molar-refractivity contribution in [3.8, 4) is 5.75 Å². The van der Waals surface area contributed by atoms with E-state index in [-0.39, 0.29) is 5.82 Å². The number of benzene rings is 2. The lowest BCUT2D eigenvalue weighted by Gasteiger charge is -2.13. The molecule has 0 aliphatic rings. The summed E-state index contributed by atoms with van der Waals surface area (Å²) in [5, 5.41) is 10.2. The Hall–Kier alpha value is -1.87. The molecule has 1 N–H and O–H groups in total. The van der Waals surface area contributed by atoms with Gasteiger partial charge in [0.2, 0.25) is 0 Å². The van der Waals surface area contributed by atoms with E-state index >= 15 is 0 Å². The maximum Gasteiger partial charge on any atom is 0.123 e. The number of rotatable bonds is 4. The second-order valence-electron chi connectivity index (χ2n) is 4.58. The van der Waals surface area contributed by atoms with E-state index in [2.05, 4.69) is 0 Å². The third-order valence-corrected chi connectivity index (χ3v) is 3.12. The molecule has 0 fully saturated rings. The van der Waals surface area contributed by atoms with Crippen molar-refractivity contribution in [1.29, 1.82) is 0 Å². The van der Waals surface area contributed by atoms with Gasteiger partial charge in [-0.15, -0.1) is 0 Å². The Bertz CT molecular complexity index is 566. The summed E-state index contributed by atoms with van der Waals surface area (Å²) in [7, 11) is 1.62. The largest absolute Gasteiger partial charge is 0.496 e. The number of halogens is 1. The molecule has 0 aliphatic heterocycles. The Morgan fingerprint density at radius 1 is 1.21 bits per heavy atom. The van der Waals surface area contributed by atoms with Crippen LogP contribution in [-0.4, -0.2) is 12.2 Å². The van der Waals surface area contributed by atoms with Crippen LogP contribution in [0.4, 0.5) is 4.39 Å². The molecule has 0 saturated heterocycles. The Morgan fingerprint density at radius 2 is 2.00 bits per heavy atom. The molecule has 19 heavy (non-hydrogen) atoms. The van der Waals surface area contributed by atoms with Crippen molar-refractivity contribution in [1.82, 2.24) is 0 Å². The standard InChI is InChI=1S/C16H17FO2/c1-11-8-13(6-7-16(11)19-2)15(18)10-12-4-3-5-14(17)9-12/h3-9,15,18H,10H2,1-2H3. The zero-order valence-corrected chi connectivity index (χ0v) is 11.1. The molecule has 2 nitrogen and oxygen atoms in total. The Balaban J connectivity index is 2.15. The predicted molar refractivity (Wildman–Crippen MR) is 72.8 cm³/mol. The fourth-order valence-corrected chi connectivity index (χ4v) is 2.11. The molecular weight excluding hydrogens is 243 g/mol. The summed E-state index contributed by atoms with van der Waals surface area (Å²) in [6.07, 6.45) is -0.254. The van der Waals surface area contributed by atoms with Crippen molar-refractivity contribution in [2.75, 3.05) is 7.11 Å². The first-order valence-electron chi connectivity index (χ1n) is 6.17. The monoisotopic (exact) mass is 260 g/mol. The third kappa shape index (κ3) is 3.32. The van der Waals surface area contributed by atoms with Crippen LogP contribution in [0.25, 0.3) is 0 Å². The highest BCUT2D eigenvalue weighted by Gasteiger charge is 2.10. The molecule has 1 atom stereocenters. The number of aliphatic hydroxyl groups excluding tert-OH is 1. The van der Waals surface area contributed by atoms with Gasteiger partial charge in [-0.1, -0.05) is 18.2 Å². The summed E-state index contributed by atoms with van der Waals surface area (Å²) in [5.74, 6) is 0.511. The molecule has 0 spiro atoms. The number of methoxy groups -OCH3 is 1. The summed E-state index contributed by atoms with van der Waals surface area (Å²) in [6, 6.07) is 11.9. The molecule has 0 bridgehead atoms. The average molecular weight is 260 g/mol. The van der Waals surface area contributed by atoms with Gasteiger partial charge in [-0.05, 0) is 47.9 Å². The van der Waals surface area contributed by atoms with E-state index in [9.17, 15) is 9.50 Å². The molecule has 0 radical (unpaired) electrons. The highest BCUT2D eigenvalue weighted by molar-refractivity contribution is 5.37. The molecule has 2 aromatic carbocycles. The molecule has 0 amide bonds. The van der Waals surface area contributed by atoms with Gasteiger partial charge in [-0.25, -0.2) is 4.39 Å². The summed E-state index contributed by atoms with van der Waals surface area (Å²) in [6.45, 7) is 1.93. The minimum atomic E-state index is -0.647. The highest BCUT2D eigenvalue weighted by Crippen LogP contribution is 2.24. The van der Waals surface area contributed by atoms with Gasteiger partial charge in [-0.3, -0.25) is 0 Å². The van der Waals surface area contributed by atoms with E-state index in [1.54, 1.807) is 13.2 Å². The number of aliphatic hydroxyl groups is 1. The average Bonchev–Trinajstić information content (AvgIpc) is 2.38. The first-order chi connectivity index (χ1) is 9.10. The van der Waals surface area contributed by atoms with Gasteiger partial charge >= 0.3 is 0 Å². The molecule has 3 heteroatoms. The minimum absolute atomic E-state index is 0.282. The molecule has 2 rings (SSSR count). The zero-order valence-electron chi connectivity index (χ0n) is 11.1. The van der Waals surface area contributed by atoms with Crippen LogP contribution in [0.15, 0.2) is 42.5 Å². The molecule has 100 valence electrons. The SMILES string of the molecule is COc1ccc(C(O)Cc2cccc(F)c2)cc1C. The normalized spacial score (nSPS) is 12.2. The lowest BCUT2D eigenvalue weighted by molar-refractivity contribution is 0.178. The Labute approximate surface area is 112 Å². The van der Waals surface area contributed by atoms with Crippen molar-refractivity contribution in [2.45, 2.75) is 19.4 Å². The molecule has 2 aromatic rings. The van der Waals surface area contributed by atoms with Crippen molar-refractivity contribution in [3.63, 3.8) is 0 Å². The van der Waals surface area contributed by atoms with Crippen molar-refractivity contribution in [2.24, 2.45) is 0 Å². The van der Waals surface area contributed by atoms with Crippen LogP contribution in [0, 0.1) is 12.7 Å². The van der Waals surface area contributed by atoms with Crippen molar-refractivity contribution >= 4 is 0 Å². The molecule has 1 unspecified atom stereocenters. The second-order valence-corrected chi connectivity index (χ2v) is 4.58. The van der Waals surface area contributed by atoms with E-state index in [0.717, 1.165) is 22.4 Å². The smallest absolute Gasteiger partial charge is 0.123 e. The number of hydrogen-bond acceptors (Lipinski definition) is 2. The fourth-order valence-electron chi connectivity index (χ4n) is 2.11. The summed E-state index contributed by atoms with van der Waals surface area (Å²) < 4.78 is 18.3. The predicted octanol–water partition coefficient (Wildman–Crippen LogP) is 3.42. The van der Waals surface area contributed by atoms with E-state index < -0.39 is 6.10 Å². The minimum Gasteiger partial charge on any atom is -0.496 e. The number of hydrogen-bond donors (Lipinski definition) is 1. The van der Waals surface area contributed by atoms with Gasteiger partial charge in [0.25, 0.3) is 0 Å². The third-order valence-electron chi connectivity index (χ3n) is 3.12. The molecular formula is C16H17FO2. The van der Waals surface area contributed by atoms with Gasteiger partial charge < -0.3 is 9.84 Å². The quantitative estimate of drug-likeness (QED) is 0.912. The van der Waals surface area contributed by atoms with Crippen LogP contribution in [0.1, 0.15) is 22.8 Å². The molecule has 0 aliphatic carbocycles. The van der Waals surface area contributed by atoms with Gasteiger partial charge in [0.1, 0.15) is 11.6 Å². The van der Waals surface area contributed by atoms with Gasteiger partial charge in [-0.2, -0.15) is 0 Å². The zero-order chi connectivity index (χ0) is 13.8. The van der Waals surface area contributed by atoms with Gasteiger partial charge in [0.05, 0.1) is 13.2 Å². The molecule has 0 aromatic heterocycles. The summed E-state index contributed by atoms with van der Waals surface area (Å²) in [5.41, 5.74) is 2.56. The summed E-state index contributed by atoms with van der Waals surface area (Å²) in [4.78, 5) is 0. The fraction of sp³-hybridized carbons (Fsp3) is 0.250. The second kappa shape index (κ2) is 5.85. The van der Waals surface area contributed by atoms with Crippen LogP contribution in [0.3, 0.4) is 0 Å². The number of ether oxygens (including phenoxy) is 1. The Kier molecular flexibility index (Phi) is 4.17. The highest BCUT2D eigenvalue weighted by atomic mass is 19.1. The van der Waals surface area contributed by atoms with E-state index in [1.165, 1.54) is 12.1 Å². The molecule has 0 saturated carbocycles. The van der Waals surface area contributed by atoms with Crippen LogP contribution in [0.2, 0.25) is 0 Å². The van der Waals surface area contributed by atoms with E-state index in [4.69, 9.17) is 4.74 Å². The first kappa shape index (κ1) is 13.6. The van der Waals surface area contributed by atoms with Gasteiger partial charge in [0, 0.05) is 6.42 Å². The topological polar surface area (TPSA) is 29.5 Å². The number of aryl methyl sites for hydroxylation is 1. The lowest BCUT2D eigenvalue weighted by Crippen LogP contribution is -2.03. The Morgan fingerprint density at radius 3 is 2.63 bits per heavy atom. The van der Waals surface area contributed by atoms with E-state index in [0.29, 0.717) is 6.42 Å². The van der Waals surface area contributed by atoms with Crippen LogP contribution in [0.5, 0.6) is 5.75 Å². The maximum absolute atomic E-state index is 13.1. The van der Waals surface area contributed by atoms with Crippen molar-refractivity contribution in [3.05, 3.63) is 65.0 Å². The van der Waals surface area contributed by atoms with Gasteiger partial charge in [0.15, 0.2) is 0 Å². The van der Waals surface area contributed by atoms with Crippen LogP contribution in [-0.2, 0) is 6.42 Å². The van der Waals surface area contributed by atoms with Crippen LogP contribution >= 0.6 is 0 Å². The van der Waals surface area contributed by atoms with Crippen LogP contribution < -0.4 is 4.74 Å². The first-order valence-corrected chi connectivity index (χ1v) is 6.17.